The quantitative estimate of drug-likeness (QED) is 0.0290. The molecule has 0 aromatic heterocycles. The minimum atomic E-state index is -5.70. The first-order valence-corrected chi connectivity index (χ1v) is 43.9. The van der Waals surface area contributed by atoms with Crippen molar-refractivity contribution in [2.24, 2.45) is 0 Å². The van der Waals surface area contributed by atoms with E-state index >= 15 is 0 Å². The summed E-state index contributed by atoms with van der Waals surface area (Å²) >= 11 is 1.58. The van der Waals surface area contributed by atoms with Crippen LogP contribution in [-0.2, 0) is 21.7 Å². The highest BCUT2D eigenvalue weighted by Crippen LogP contribution is 2.59. The van der Waals surface area contributed by atoms with Gasteiger partial charge in [-0.2, -0.15) is 26.3 Å². The van der Waals surface area contributed by atoms with Gasteiger partial charge in [0.15, 0.2) is 0 Å². The van der Waals surface area contributed by atoms with E-state index < -0.39 is 51.2 Å². The van der Waals surface area contributed by atoms with Gasteiger partial charge in [0.25, 0.3) is 0 Å². The van der Waals surface area contributed by atoms with Gasteiger partial charge >= 0.3 is 12.4 Å². The van der Waals surface area contributed by atoms with Crippen molar-refractivity contribution in [1.29, 1.82) is 0 Å². The molecule has 0 heterocycles. The molecular weight excluding hydrogens is 1800 g/mol. The first kappa shape index (κ1) is 101. The molecule has 0 saturated heterocycles. The van der Waals surface area contributed by atoms with Crippen molar-refractivity contribution in [3.8, 4) is 114 Å². The molecule has 704 valence electrons. The number of fused-ring (bicyclic) bond motifs is 3. The van der Waals surface area contributed by atoms with Gasteiger partial charge < -0.3 is 81.7 Å². The topological polar surface area (TPSA) is 324 Å². The minimum Gasteiger partial charge on any atom is -0.508 e. The lowest BCUT2D eigenvalue weighted by atomic mass is 9.65. The summed E-state index contributed by atoms with van der Waals surface area (Å²) in [6.07, 6.45) is -11.4. The van der Waals surface area contributed by atoms with Gasteiger partial charge in [-0.05, 0) is 295 Å². The third-order valence-electron chi connectivity index (χ3n) is 22.9. The zero-order valence-corrected chi connectivity index (χ0v) is 75.4. The molecule has 0 radical (unpaired) electrons. The average Bonchev–Trinajstić information content (AvgIpc) is 1.59. The molecule has 1 aliphatic rings. The van der Waals surface area contributed by atoms with Crippen molar-refractivity contribution in [2.75, 3.05) is 0 Å². The van der Waals surface area contributed by atoms with Gasteiger partial charge in [0.2, 0.25) is 5.41 Å². The molecular formula is C116H96F6O16S. The molecule has 18 aromatic carbocycles. The first-order chi connectivity index (χ1) is 66.5. The largest absolute Gasteiger partial charge is 0.508 e. The van der Waals surface area contributed by atoms with Crippen molar-refractivity contribution in [3.05, 3.63) is 516 Å². The number of benzene rings is 18. The number of hydrogen-bond acceptors (Lipinski definition) is 17. The van der Waals surface area contributed by atoms with Crippen LogP contribution in [0.3, 0.4) is 0 Å². The standard InChI is InChI=1S/C25H18O2.C25H20O2.C15H10F6O2.C15H16O2.C12H10O2S.C12H10O2.2C6H6O2/c26-19-13-9-17(10-14-19)25(18-11-15-20(27)16-12-18)23-7-3-1-5-21(23)22-6-2-4-8-24(22)25;26-23-15-11-21(12-16-23)25(19-7-3-1-4-8-19,20-9-5-2-6-10-20)22-13-17-24(27)18-14-22;16-14(17,18)13(15(19,20)21,9-1-5-11(22)6-2-9)10-3-7-12(23)8-4-10;1-15(2,11-3-7-13(16)8-4-11)12-5-9-14(17)10-6-12;13-9-1-5-11(6-2-9)15-12-7-3-10(14)4-8-12;13-11-5-1-9(2-6-11)10-3-7-12(14)8-4-10;7-5-1-2-6(8)4-3-5;7-5-2-1-3-6(8)4-5/h1-16,26-27H;1-18,26-27H;1-8,22-23H;3-10,16-17H,1-2H3;1-8,13-14H;1-8,13-14H;2*1-4,7-8H. The van der Waals surface area contributed by atoms with Gasteiger partial charge in [0.1, 0.15) is 92.0 Å². The lowest BCUT2D eigenvalue weighted by molar-refractivity contribution is -0.288. The number of alkyl halides is 6. The summed E-state index contributed by atoms with van der Waals surface area (Å²) in [5.74, 6) is 2.16. The molecule has 16 N–H and O–H groups in total. The van der Waals surface area contributed by atoms with Crippen LogP contribution in [0.15, 0.2) is 459 Å². The summed E-state index contributed by atoms with van der Waals surface area (Å²) in [4.78, 5) is 2.11. The Labute approximate surface area is 802 Å². The number of aromatic hydroxyl groups is 16. The molecule has 0 aliphatic heterocycles. The smallest absolute Gasteiger partial charge is 0.411 e. The van der Waals surface area contributed by atoms with Crippen LogP contribution >= 0.6 is 11.8 Å². The Kier molecular flexibility index (Phi) is 32.7. The van der Waals surface area contributed by atoms with Gasteiger partial charge in [-0.3, -0.25) is 0 Å². The maximum atomic E-state index is 13.6. The molecule has 0 fully saturated rings. The fourth-order valence-electron chi connectivity index (χ4n) is 16.0. The molecule has 0 unspecified atom stereocenters. The van der Waals surface area contributed by atoms with E-state index in [1.165, 1.54) is 64.7 Å². The second-order valence-corrected chi connectivity index (χ2v) is 33.4. The van der Waals surface area contributed by atoms with E-state index in [0.717, 1.165) is 89.7 Å². The monoisotopic (exact) mass is 1890 g/mol. The molecule has 0 spiro atoms. The summed E-state index contributed by atoms with van der Waals surface area (Å²) in [6.45, 7) is 4.23. The Morgan fingerprint density at radius 2 is 0.403 bits per heavy atom. The third-order valence-corrected chi connectivity index (χ3v) is 23.9. The molecule has 23 heteroatoms. The van der Waals surface area contributed by atoms with E-state index in [9.17, 15) is 57.0 Å². The number of phenols is 16. The van der Waals surface area contributed by atoms with Gasteiger partial charge in [-0.1, -0.05) is 262 Å². The SMILES string of the molecule is CC(C)(c1ccc(O)cc1)c1ccc(O)cc1.Oc1ccc(-c2ccc(O)cc2)cc1.Oc1ccc(C(c2ccc(O)cc2)(C(F)(F)F)C(F)(F)F)cc1.Oc1ccc(C(c2ccccc2)(c2ccccc2)c2ccc(O)cc2)cc1.Oc1ccc(C2(c3ccc(O)cc3)c3ccccc3-c3ccccc32)cc1.Oc1ccc(O)cc1.Oc1ccc(Sc2ccc(O)cc2)cc1.Oc1cccc(O)c1. The predicted molar refractivity (Wildman–Crippen MR) is 528 cm³/mol. The van der Waals surface area contributed by atoms with Crippen molar-refractivity contribution in [2.45, 2.75) is 57.7 Å². The van der Waals surface area contributed by atoms with Crippen LogP contribution in [0.1, 0.15) is 80.6 Å². The lowest BCUT2D eigenvalue weighted by Crippen LogP contribution is -2.54. The van der Waals surface area contributed by atoms with Crippen LogP contribution in [0.2, 0.25) is 0 Å². The van der Waals surface area contributed by atoms with E-state index in [2.05, 4.69) is 86.6 Å². The van der Waals surface area contributed by atoms with E-state index in [0.29, 0.717) is 24.3 Å². The van der Waals surface area contributed by atoms with E-state index in [4.69, 9.17) is 51.1 Å². The Morgan fingerprint density at radius 1 is 0.194 bits per heavy atom. The molecule has 16 nitrogen and oxygen atoms in total. The first-order valence-electron chi connectivity index (χ1n) is 43.1. The summed E-state index contributed by atoms with van der Waals surface area (Å²) in [5, 5.41) is 147. The van der Waals surface area contributed by atoms with Crippen LogP contribution < -0.4 is 0 Å². The Hall–Kier alpha value is -17.3. The molecule has 139 heavy (non-hydrogen) atoms. The second-order valence-electron chi connectivity index (χ2n) is 32.3. The predicted octanol–water partition coefficient (Wildman–Crippen LogP) is 27.1. The van der Waals surface area contributed by atoms with E-state index in [-0.39, 0.29) is 85.9 Å². The summed E-state index contributed by atoms with van der Waals surface area (Å²) in [6, 6.07) is 126. The highest BCUT2D eigenvalue weighted by atomic mass is 32.2. The third kappa shape index (κ3) is 24.6. The summed E-state index contributed by atoms with van der Waals surface area (Å²) < 4.78 is 81.6. The Bertz CT molecular complexity index is 6410. The van der Waals surface area contributed by atoms with Crippen LogP contribution in [0, 0.1) is 0 Å². The zero-order chi connectivity index (χ0) is 99.7. The second kappa shape index (κ2) is 45.1. The zero-order valence-electron chi connectivity index (χ0n) is 74.6. The average molecular weight is 1890 g/mol. The van der Waals surface area contributed by atoms with Crippen molar-refractivity contribution < 1.29 is 108 Å². The molecule has 0 atom stereocenters. The van der Waals surface area contributed by atoms with Gasteiger partial charge in [-0.25, -0.2) is 0 Å². The Morgan fingerprint density at radius 3 is 0.655 bits per heavy atom. The normalized spacial score (nSPS) is 11.6. The van der Waals surface area contributed by atoms with Crippen LogP contribution in [0.5, 0.6) is 92.0 Å². The van der Waals surface area contributed by atoms with Gasteiger partial charge in [0.05, 0.1) is 10.8 Å². The Balaban J connectivity index is 0.000000147. The van der Waals surface area contributed by atoms with E-state index in [1.807, 2.05) is 158 Å². The minimum absolute atomic E-state index is 0.0880. The van der Waals surface area contributed by atoms with Crippen LogP contribution in [0.25, 0.3) is 22.3 Å². The van der Waals surface area contributed by atoms with E-state index in [1.54, 1.807) is 139 Å². The molecule has 19 rings (SSSR count). The van der Waals surface area contributed by atoms with Gasteiger partial charge in [-0.15, -0.1) is 0 Å². The highest BCUT2D eigenvalue weighted by Gasteiger charge is 2.72. The highest BCUT2D eigenvalue weighted by molar-refractivity contribution is 7.99. The molecule has 0 bridgehead atoms. The van der Waals surface area contributed by atoms with Crippen molar-refractivity contribution in [3.63, 3.8) is 0 Å². The fraction of sp³-hybridized carbons (Fsp3) is 0.0690. The lowest BCUT2D eigenvalue weighted by Gasteiger charge is -2.38. The molecule has 0 saturated carbocycles. The number of hydrogen-bond donors (Lipinski definition) is 16. The van der Waals surface area contributed by atoms with Gasteiger partial charge in [0, 0.05) is 21.3 Å². The number of phenolic OH excluding ortho intramolecular Hbond substituents is 16. The molecule has 1 aliphatic carbocycles. The maximum absolute atomic E-state index is 13.6. The summed E-state index contributed by atoms with van der Waals surface area (Å²) in [5.41, 5.74) is 7.99. The number of halogens is 6. The fourth-order valence-corrected chi connectivity index (χ4v) is 16.8. The summed E-state index contributed by atoms with van der Waals surface area (Å²) in [7, 11) is 0. The van der Waals surface area contributed by atoms with Crippen LogP contribution in [0.4, 0.5) is 26.3 Å². The number of rotatable bonds is 13. The van der Waals surface area contributed by atoms with Crippen molar-refractivity contribution >= 4 is 11.8 Å². The molecule has 18 aromatic rings. The molecule has 0 amide bonds. The maximum Gasteiger partial charge on any atom is 0.411 e. The van der Waals surface area contributed by atoms with Crippen LogP contribution in [-0.4, -0.2) is 94.1 Å². The van der Waals surface area contributed by atoms with Crippen molar-refractivity contribution in [1.82, 2.24) is 0 Å².